The molecule has 2 rings (SSSR count). The van der Waals surface area contributed by atoms with Crippen LogP contribution in [0.4, 0.5) is 19.2 Å². The van der Waals surface area contributed by atoms with E-state index in [1.165, 1.54) is 13.8 Å². The Morgan fingerprint density at radius 1 is 0.547 bits per heavy atom. The van der Waals surface area contributed by atoms with Crippen molar-refractivity contribution in [2.45, 2.75) is 239 Å². The summed E-state index contributed by atoms with van der Waals surface area (Å²) in [7, 11) is 0. The van der Waals surface area contributed by atoms with Crippen LogP contribution in [0.5, 0.6) is 0 Å². The second-order valence-electron chi connectivity index (χ2n) is 28.0. The minimum absolute atomic E-state index is 0.0606. The van der Waals surface area contributed by atoms with Crippen molar-refractivity contribution in [2.24, 2.45) is 23.5 Å². The number of aliphatic hydroxyl groups excluding tert-OH is 2. The fraction of sp³-hybridized carbons (Fsp3) is 0.703. The van der Waals surface area contributed by atoms with Gasteiger partial charge in [-0.15, -0.1) is 0 Å². The summed E-state index contributed by atoms with van der Waals surface area (Å²) in [6.07, 6.45) is -10.0. The first-order valence-electron chi connectivity index (χ1n) is 32.0. The maximum atomic E-state index is 15.0. The van der Waals surface area contributed by atoms with Gasteiger partial charge in [0.05, 0.1) is 18.2 Å². The third-order valence-corrected chi connectivity index (χ3v) is 13.8. The van der Waals surface area contributed by atoms with Crippen molar-refractivity contribution in [3.63, 3.8) is 0 Å². The second kappa shape index (κ2) is 38.4. The summed E-state index contributed by atoms with van der Waals surface area (Å²) < 4.78 is 21.5. The zero-order valence-electron chi connectivity index (χ0n) is 57.9. The number of alkyl carbamates (subject to hydrolysis) is 4. The maximum Gasteiger partial charge on any atom is 0.407 e. The van der Waals surface area contributed by atoms with E-state index < -0.39 is 205 Å². The van der Waals surface area contributed by atoms with Gasteiger partial charge in [-0.05, 0) is 141 Å². The smallest absolute Gasteiger partial charge is 0.407 e. The summed E-state index contributed by atoms with van der Waals surface area (Å²) in [6, 6.07) is -2.85. The monoisotopic (exact) mass is 1350 g/mol. The van der Waals surface area contributed by atoms with Gasteiger partial charge in [0.25, 0.3) is 0 Å². The molecule has 1 aliphatic heterocycles. The number of hydrogen-bond acceptors (Lipinski definition) is 20. The van der Waals surface area contributed by atoms with Crippen molar-refractivity contribution < 1.29 is 91.5 Å². The van der Waals surface area contributed by atoms with Gasteiger partial charge < -0.3 is 93.4 Å². The third kappa shape index (κ3) is 34.2. The molecule has 2 unspecified atom stereocenters. The molecule has 0 bridgehead atoms. The molecule has 0 saturated carbocycles. The van der Waals surface area contributed by atoms with E-state index in [1.54, 1.807) is 127 Å². The quantitative estimate of drug-likeness (QED) is 0.0726. The van der Waals surface area contributed by atoms with Crippen molar-refractivity contribution >= 4 is 77.3 Å². The minimum atomic E-state index is -1.80. The number of benzene rings is 1. The Balaban J connectivity index is 3.03. The summed E-state index contributed by atoms with van der Waals surface area (Å²) in [5.74, 6) is -12.0. The van der Waals surface area contributed by atoms with Crippen LogP contribution in [0.3, 0.4) is 0 Å². The number of ketones is 2. The number of aliphatic hydroxyl groups is 2. The summed E-state index contributed by atoms with van der Waals surface area (Å²) in [6.45, 7) is 23.1. The van der Waals surface area contributed by atoms with Gasteiger partial charge in [0, 0.05) is 63.8 Å². The molecule has 31 heteroatoms. The van der Waals surface area contributed by atoms with Crippen LogP contribution in [-0.2, 0) is 68.5 Å². The van der Waals surface area contributed by atoms with Crippen LogP contribution in [-0.4, -0.2) is 197 Å². The molecule has 0 spiro atoms. The Hall–Kier alpha value is -8.19. The summed E-state index contributed by atoms with van der Waals surface area (Å²) >= 11 is 0. The average Bonchev–Trinajstić information content (AvgIpc) is 1.06. The van der Waals surface area contributed by atoms with Crippen molar-refractivity contribution in [1.29, 1.82) is 0 Å². The normalized spacial score (nSPS) is 21.6. The fourth-order valence-electron chi connectivity index (χ4n) is 9.19. The van der Waals surface area contributed by atoms with Gasteiger partial charge >= 0.3 is 24.4 Å². The number of carbonyl (C=O) groups is 13. The van der Waals surface area contributed by atoms with Gasteiger partial charge in [0.15, 0.2) is 11.6 Å². The van der Waals surface area contributed by atoms with Crippen LogP contribution in [0.1, 0.15) is 161 Å². The van der Waals surface area contributed by atoms with Gasteiger partial charge in [-0.3, -0.25) is 43.2 Å². The molecule has 1 aromatic rings. The minimum Gasteiger partial charge on any atom is -0.444 e. The molecule has 1 saturated heterocycles. The molecule has 1 aromatic carbocycles. The summed E-state index contributed by atoms with van der Waals surface area (Å²) in [5, 5.41) is 49.4. The topological polar surface area (TPSA) is 458 Å². The number of carbonyl (C=O) groups excluding carboxylic acids is 13. The van der Waals surface area contributed by atoms with Crippen LogP contribution in [0, 0.1) is 17.8 Å². The predicted octanol–water partition coefficient (Wildman–Crippen LogP) is 1.21. The molecule has 536 valence electrons. The van der Waals surface area contributed by atoms with Crippen LogP contribution >= 0.6 is 0 Å². The molecule has 0 aliphatic carbocycles. The Kier molecular flexibility index (Phi) is 33.5. The van der Waals surface area contributed by atoms with Gasteiger partial charge in [-0.2, -0.15) is 0 Å². The van der Waals surface area contributed by atoms with Crippen LogP contribution in [0.15, 0.2) is 30.3 Å². The zero-order valence-corrected chi connectivity index (χ0v) is 57.9. The summed E-state index contributed by atoms with van der Waals surface area (Å²) in [5.41, 5.74) is 2.59. The highest BCUT2D eigenvalue weighted by molar-refractivity contribution is 5.99. The maximum absolute atomic E-state index is 15.0. The second-order valence-corrected chi connectivity index (χ2v) is 28.0. The SMILES string of the molecule is CC(C)C[C@@H]1NC(=O)[C@@H](Cc2ccccc2)NC(=O)[C@H](CCNC(=O)OC(C)(C)C)NC(=O)[C@@H](CC(=O)[C@H](CNC(=O)OC(C)(C)C)NC(=O)[C@@H](N)C(C)O)CCNC(=O)[C@H](C(C)O)NC(=O)[C@H](CCNC(=O)OC(C)(C)C)CC(=O)[C@H](CCNC(=O)OC(C)(C)C)NC1=O. The Bertz CT molecular complexity index is 2770. The first-order chi connectivity index (χ1) is 43.8. The first kappa shape index (κ1) is 82.9. The fourth-order valence-corrected chi connectivity index (χ4v) is 9.19. The van der Waals surface area contributed by atoms with Crippen molar-refractivity contribution in [3.05, 3.63) is 35.9 Å². The van der Waals surface area contributed by atoms with Gasteiger partial charge in [0.2, 0.25) is 41.4 Å². The van der Waals surface area contributed by atoms with E-state index in [9.17, 15) is 72.5 Å². The number of hydrogen-bond donors (Lipinski definition) is 14. The molecular formula is C64H106N12O19. The standard InChI is InChI=1S/C64H106N12O19/c1-35(2)30-43-53(84)71-41(24-28-68-58(89)93-62(8,9)10)46(79)32-40(23-27-67-57(88)92-61(5,6)7)51(82)76-49(37(4)78)56(87)66-26-22-39(33-47(80)45(75-55(86)48(65)36(3)77)34-70-60(91)95-64(14,15)16)50(81)72-42(25-29-69-59(90)94-63(11,12)13)52(83)74-44(54(85)73-43)31-38-20-18-17-19-21-38/h17-21,35-37,39-45,48-49,77-78H,22-34,65H2,1-16H3,(H,66,87)(H,67,88)(H,68,89)(H,69,90)(H,70,91)(H,71,84)(H,72,81)(H,73,85)(H,74,83)(H,75,86)(H,76,82)/t36?,37?,39-,40-,41+,42+,43+,44-,45+,48+,49+/m1/s1. The zero-order chi connectivity index (χ0) is 72.3. The molecule has 11 amide bonds. The van der Waals surface area contributed by atoms with Crippen LogP contribution in [0.2, 0.25) is 0 Å². The largest absolute Gasteiger partial charge is 0.444 e. The van der Waals surface area contributed by atoms with E-state index in [2.05, 4.69) is 58.5 Å². The number of ether oxygens (including phenoxy) is 4. The van der Waals surface area contributed by atoms with Gasteiger partial charge in [-0.25, -0.2) is 19.2 Å². The highest BCUT2D eigenvalue weighted by Crippen LogP contribution is 2.19. The lowest BCUT2D eigenvalue weighted by Crippen LogP contribution is -2.59. The lowest BCUT2D eigenvalue weighted by molar-refractivity contribution is -0.136. The molecule has 1 fully saturated rings. The van der Waals surface area contributed by atoms with Crippen molar-refractivity contribution in [2.75, 3.05) is 32.7 Å². The Morgan fingerprint density at radius 3 is 1.46 bits per heavy atom. The molecule has 1 heterocycles. The molecule has 15 N–H and O–H groups in total. The van der Waals surface area contributed by atoms with Crippen molar-refractivity contribution in [1.82, 2.24) is 58.5 Å². The Morgan fingerprint density at radius 2 is 0.979 bits per heavy atom. The van der Waals surface area contributed by atoms with E-state index in [0.717, 1.165) is 0 Å². The lowest BCUT2D eigenvalue weighted by atomic mass is 9.92. The third-order valence-electron chi connectivity index (χ3n) is 13.8. The molecular weight excluding hydrogens is 1240 g/mol. The van der Waals surface area contributed by atoms with Crippen molar-refractivity contribution in [3.8, 4) is 0 Å². The molecule has 95 heavy (non-hydrogen) atoms. The van der Waals surface area contributed by atoms with Gasteiger partial charge in [-0.1, -0.05) is 44.2 Å². The number of Topliss-reactive ketones (excluding diaryl/α,β-unsaturated/α-hetero) is 2. The first-order valence-corrected chi connectivity index (χ1v) is 32.0. The Labute approximate surface area is 556 Å². The molecule has 0 radical (unpaired) electrons. The number of rotatable bonds is 22. The van der Waals surface area contributed by atoms with Crippen LogP contribution in [0.25, 0.3) is 0 Å². The van der Waals surface area contributed by atoms with E-state index >= 15 is 0 Å². The van der Waals surface area contributed by atoms with E-state index in [-0.39, 0.29) is 51.2 Å². The highest BCUT2D eigenvalue weighted by atomic mass is 16.6. The van der Waals surface area contributed by atoms with Crippen LogP contribution < -0.4 is 64.2 Å². The average molecular weight is 1350 g/mol. The van der Waals surface area contributed by atoms with E-state index in [1.807, 2.05) is 0 Å². The molecule has 11 atom stereocenters. The molecule has 0 aromatic heterocycles. The number of nitrogens with two attached hydrogens (primary N) is 1. The van der Waals surface area contributed by atoms with E-state index in [0.29, 0.717) is 5.56 Å². The van der Waals surface area contributed by atoms with E-state index in [4.69, 9.17) is 24.7 Å². The molecule has 31 nitrogen and oxygen atoms in total. The number of amides is 11. The summed E-state index contributed by atoms with van der Waals surface area (Å²) in [4.78, 5) is 183. The molecule has 1 aliphatic rings. The number of nitrogens with one attached hydrogen (secondary N) is 11. The van der Waals surface area contributed by atoms with Gasteiger partial charge in [0.1, 0.15) is 58.7 Å². The lowest BCUT2D eigenvalue weighted by Gasteiger charge is -2.28. The predicted molar refractivity (Wildman–Crippen MR) is 347 cm³/mol. The highest BCUT2D eigenvalue weighted by Gasteiger charge is 2.38.